The Morgan fingerprint density at radius 1 is 1.29 bits per heavy atom. The third kappa shape index (κ3) is 2.74. The average Bonchev–Trinajstić information content (AvgIpc) is 2.76. The first-order valence-corrected chi connectivity index (χ1v) is 7.80. The molecule has 0 fully saturated rings. The fraction of sp³-hybridized carbons (Fsp3) is 0.188. The zero-order valence-electron chi connectivity index (χ0n) is 11.6. The smallest absolute Gasteiger partial charge is 0.201 e. The summed E-state index contributed by atoms with van der Waals surface area (Å²) in [6.45, 7) is 2.80. The molecule has 0 bridgehead atoms. The van der Waals surface area contributed by atoms with Gasteiger partial charge in [-0.3, -0.25) is 0 Å². The van der Waals surface area contributed by atoms with Crippen molar-refractivity contribution in [1.82, 2.24) is 9.55 Å². The topological polar surface area (TPSA) is 43.8 Å². The van der Waals surface area contributed by atoms with Gasteiger partial charge in [0.15, 0.2) is 0 Å². The van der Waals surface area contributed by atoms with E-state index in [1.165, 1.54) is 11.6 Å². The van der Waals surface area contributed by atoms with Gasteiger partial charge in [-0.1, -0.05) is 37.3 Å². The molecule has 5 heteroatoms. The molecule has 0 aliphatic heterocycles. The third-order valence-electron chi connectivity index (χ3n) is 3.64. The number of halogens is 2. The number of anilines is 1. The molecule has 0 aliphatic carbocycles. The van der Waals surface area contributed by atoms with E-state index in [1.54, 1.807) is 6.07 Å². The maximum absolute atomic E-state index is 13.8. The molecule has 3 aromatic rings. The van der Waals surface area contributed by atoms with E-state index in [-0.39, 0.29) is 11.7 Å². The molecule has 0 spiro atoms. The average molecular weight is 395 g/mol. The standard InChI is InChI=1S/C16H15FIN3/c1-10(11-5-3-2-4-6-11)9-21-15-7-12(17)13(18)8-14(15)20-16(21)19/h2-8,10H,9H2,1H3,(H2,19,20). The molecule has 2 aromatic carbocycles. The van der Waals surface area contributed by atoms with Crippen molar-refractivity contribution in [2.24, 2.45) is 0 Å². The number of hydrogen-bond donors (Lipinski definition) is 1. The lowest BCUT2D eigenvalue weighted by atomic mass is 10.0. The molecule has 0 radical (unpaired) electrons. The molecule has 3 nitrogen and oxygen atoms in total. The summed E-state index contributed by atoms with van der Waals surface area (Å²) in [7, 11) is 0. The van der Waals surface area contributed by atoms with Crippen LogP contribution in [0.1, 0.15) is 18.4 Å². The summed E-state index contributed by atoms with van der Waals surface area (Å²) in [5.41, 5.74) is 8.71. The van der Waals surface area contributed by atoms with Gasteiger partial charge in [-0.15, -0.1) is 0 Å². The summed E-state index contributed by atoms with van der Waals surface area (Å²) in [4.78, 5) is 4.33. The summed E-state index contributed by atoms with van der Waals surface area (Å²) < 4.78 is 16.2. The van der Waals surface area contributed by atoms with Crippen LogP contribution in [0.25, 0.3) is 11.0 Å². The number of fused-ring (bicyclic) bond motifs is 1. The van der Waals surface area contributed by atoms with E-state index in [4.69, 9.17) is 5.73 Å². The highest BCUT2D eigenvalue weighted by Crippen LogP contribution is 2.26. The molecule has 0 aliphatic rings. The summed E-state index contributed by atoms with van der Waals surface area (Å²) in [5, 5.41) is 0. The highest BCUT2D eigenvalue weighted by molar-refractivity contribution is 14.1. The van der Waals surface area contributed by atoms with Crippen molar-refractivity contribution in [3.63, 3.8) is 0 Å². The van der Waals surface area contributed by atoms with Gasteiger partial charge in [-0.25, -0.2) is 9.37 Å². The van der Waals surface area contributed by atoms with E-state index < -0.39 is 0 Å². The molecule has 0 saturated heterocycles. The van der Waals surface area contributed by atoms with Crippen LogP contribution in [-0.4, -0.2) is 9.55 Å². The van der Waals surface area contributed by atoms with Crippen LogP contribution in [0.3, 0.4) is 0 Å². The van der Waals surface area contributed by atoms with E-state index in [0.29, 0.717) is 16.1 Å². The van der Waals surface area contributed by atoms with Crippen LogP contribution in [0.4, 0.5) is 10.3 Å². The minimum atomic E-state index is -0.239. The number of aromatic nitrogens is 2. The van der Waals surface area contributed by atoms with Gasteiger partial charge >= 0.3 is 0 Å². The van der Waals surface area contributed by atoms with Crippen molar-refractivity contribution in [3.05, 3.63) is 57.4 Å². The van der Waals surface area contributed by atoms with Crippen LogP contribution in [-0.2, 0) is 6.54 Å². The Hall–Kier alpha value is -1.63. The molecule has 3 rings (SSSR count). The first-order valence-electron chi connectivity index (χ1n) is 6.72. The van der Waals surface area contributed by atoms with Gasteiger partial charge in [-0.05, 0) is 40.1 Å². The Balaban J connectivity index is 2.01. The molecule has 108 valence electrons. The molecule has 2 N–H and O–H groups in total. The van der Waals surface area contributed by atoms with Gasteiger partial charge in [0.05, 0.1) is 14.6 Å². The summed E-state index contributed by atoms with van der Waals surface area (Å²) in [6.07, 6.45) is 0. The minimum Gasteiger partial charge on any atom is -0.369 e. The molecular formula is C16H15FIN3. The van der Waals surface area contributed by atoms with Gasteiger partial charge in [0.2, 0.25) is 5.95 Å². The number of nitrogens with zero attached hydrogens (tertiary/aromatic N) is 2. The second kappa shape index (κ2) is 5.63. The van der Waals surface area contributed by atoms with Gasteiger partial charge < -0.3 is 10.3 Å². The van der Waals surface area contributed by atoms with Gasteiger partial charge in [0, 0.05) is 12.6 Å². The fourth-order valence-electron chi connectivity index (χ4n) is 2.49. The fourth-order valence-corrected chi connectivity index (χ4v) is 2.94. The van der Waals surface area contributed by atoms with E-state index in [9.17, 15) is 4.39 Å². The van der Waals surface area contributed by atoms with Crippen molar-refractivity contribution in [2.45, 2.75) is 19.4 Å². The normalized spacial score (nSPS) is 12.7. The third-order valence-corrected chi connectivity index (χ3v) is 4.47. The summed E-state index contributed by atoms with van der Waals surface area (Å²) in [5.74, 6) is 0.457. The molecule has 1 atom stereocenters. The van der Waals surface area contributed by atoms with E-state index >= 15 is 0 Å². The molecule has 1 aromatic heterocycles. The number of benzene rings is 2. The Morgan fingerprint density at radius 3 is 2.71 bits per heavy atom. The van der Waals surface area contributed by atoms with Crippen molar-refractivity contribution in [3.8, 4) is 0 Å². The monoisotopic (exact) mass is 395 g/mol. The molecule has 1 unspecified atom stereocenters. The van der Waals surface area contributed by atoms with Gasteiger partial charge in [0.25, 0.3) is 0 Å². The van der Waals surface area contributed by atoms with Crippen LogP contribution in [0.2, 0.25) is 0 Å². The lowest BCUT2D eigenvalue weighted by Crippen LogP contribution is -2.09. The van der Waals surface area contributed by atoms with E-state index in [0.717, 1.165) is 11.0 Å². The molecule has 21 heavy (non-hydrogen) atoms. The lowest BCUT2D eigenvalue weighted by Gasteiger charge is -2.14. The summed E-state index contributed by atoms with van der Waals surface area (Å²) in [6, 6.07) is 13.4. The largest absolute Gasteiger partial charge is 0.369 e. The Morgan fingerprint density at radius 2 is 2.00 bits per heavy atom. The highest BCUT2D eigenvalue weighted by atomic mass is 127. The molecule has 1 heterocycles. The first-order chi connectivity index (χ1) is 10.1. The zero-order chi connectivity index (χ0) is 15.0. The van der Waals surface area contributed by atoms with Crippen LogP contribution in [0.15, 0.2) is 42.5 Å². The van der Waals surface area contributed by atoms with Crippen LogP contribution < -0.4 is 5.73 Å². The predicted octanol–water partition coefficient (Wildman–Crippen LogP) is 4.17. The summed E-state index contributed by atoms with van der Waals surface area (Å²) >= 11 is 1.96. The Labute approximate surface area is 136 Å². The molecule has 0 amide bonds. The van der Waals surface area contributed by atoms with Crippen molar-refractivity contribution < 1.29 is 4.39 Å². The van der Waals surface area contributed by atoms with Crippen LogP contribution in [0, 0.1) is 9.39 Å². The number of imidazole rings is 1. The highest BCUT2D eigenvalue weighted by Gasteiger charge is 2.14. The number of nitrogens with two attached hydrogens (primary N) is 1. The Kier molecular flexibility index (Phi) is 3.84. The predicted molar refractivity (Wildman–Crippen MR) is 91.7 cm³/mol. The van der Waals surface area contributed by atoms with Crippen LogP contribution >= 0.6 is 22.6 Å². The maximum atomic E-state index is 13.8. The minimum absolute atomic E-state index is 0.239. The van der Waals surface area contributed by atoms with E-state index in [1.807, 2.05) is 45.4 Å². The quantitative estimate of drug-likeness (QED) is 0.677. The zero-order valence-corrected chi connectivity index (χ0v) is 13.7. The molecular weight excluding hydrogens is 380 g/mol. The SMILES string of the molecule is CC(Cn1c(N)nc2cc(I)c(F)cc21)c1ccccc1. The van der Waals surface area contributed by atoms with Crippen LogP contribution in [0.5, 0.6) is 0 Å². The van der Waals surface area contributed by atoms with Gasteiger partial charge in [0.1, 0.15) is 5.82 Å². The Bertz CT molecular complexity index is 783. The molecule has 0 saturated carbocycles. The van der Waals surface area contributed by atoms with Crippen molar-refractivity contribution in [1.29, 1.82) is 0 Å². The second-order valence-corrected chi connectivity index (χ2v) is 6.31. The number of hydrogen-bond acceptors (Lipinski definition) is 2. The van der Waals surface area contributed by atoms with Crippen molar-refractivity contribution >= 4 is 39.6 Å². The van der Waals surface area contributed by atoms with Crippen molar-refractivity contribution in [2.75, 3.05) is 5.73 Å². The first kappa shape index (κ1) is 14.3. The second-order valence-electron chi connectivity index (χ2n) is 5.15. The van der Waals surface area contributed by atoms with Gasteiger partial charge in [-0.2, -0.15) is 0 Å². The van der Waals surface area contributed by atoms with E-state index in [2.05, 4.69) is 24.0 Å². The number of nitrogen functional groups attached to an aromatic ring is 1. The maximum Gasteiger partial charge on any atom is 0.201 e. The number of rotatable bonds is 3. The lowest BCUT2D eigenvalue weighted by molar-refractivity contribution is 0.607.